The van der Waals surface area contributed by atoms with Crippen molar-refractivity contribution >= 4 is 17.7 Å². The summed E-state index contributed by atoms with van der Waals surface area (Å²) in [5.41, 5.74) is 0.563. The molecule has 106 valence electrons. The number of nitrogens with one attached hydrogen (secondary N) is 1. The number of methoxy groups -OCH3 is 2. The van der Waals surface area contributed by atoms with E-state index in [-0.39, 0.29) is 17.5 Å². The lowest BCUT2D eigenvalue weighted by atomic mass is 10.2. The molecular formula is C13H18FNO3S. The molecule has 6 heteroatoms. The van der Waals surface area contributed by atoms with E-state index in [0.717, 1.165) is 4.90 Å². The van der Waals surface area contributed by atoms with Gasteiger partial charge in [0.05, 0.1) is 19.5 Å². The molecule has 0 spiro atoms. The predicted molar refractivity (Wildman–Crippen MR) is 72.7 cm³/mol. The normalized spacial score (nSPS) is 10.5. The molecule has 1 aromatic rings. The van der Waals surface area contributed by atoms with Crippen molar-refractivity contribution in [3.63, 3.8) is 0 Å². The van der Waals surface area contributed by atoms with E-state index in [2.05, 4.69) is 10.1 Å². The number of rotatable bonds is 8. The Balaban J connectivity index is 2.63. The summed E-state index contributed by atoms with van der Waals surface area (Å²) in [6.45, 7) is 1.62. The third-order valence-electron chi connectivity index (χ3n) is 2.43. The summed E-state index contributed by atoms with van der Waals surface area (Å²) in [5.74, 6) is -0.433. The summed E-state index contributed by atoms with van der Waals surface area (Å²) in [6.07, 6.45) is 0. The van der Waals surface area contributed by atoms with Crippen LogP contribution in [0.5, 0.6) is 0 Å². The number of hydrogen-bond acceptors (Lipinski definition) is 5. The molecule has 0 aliphatic rings. The second-order valence-corrected chi connectivity index (χ2v) is 4.77. The van der Waals surface area contributed by atoms with Crippen molar-refractivity contribution in [2.24, 2.45) is 0 Å². The molecule has 4 nitrogen and oxygen atoms in total. The van der Waals surface area contributed by atoms with Gasteiger partial charge in [-0.25, -0.2) is 4.39 Å². The third kappa shape index (κ3) is 5.59. The lowest BCUT2D eigenvalue weighted by Gasteiger charge is -2.11. The number of esters is 1. The minimum Gasteiger partial charge on any atom is -0.468 e. The van der Waals surface area contributed by atoms with E-state index in [1.165, 1.54) is 24.9 Å². The maximum Gasteiger partial charge on any atom is 0.315 e. The quantitative estimate of drug-likeness (QED) is 0.449. The van der Waals surface area contributed by atoms with E-state index < -0.39 is 0 Å². The Morgan fingerprint density at radius 1 is 1.42 bits per heavy atom. The van der Waals surface area contributed by atoms with Crippen LogP contribution >= 0.6 is 11.8 Å². The molecule has 0 aliphatic heterocycles. The Morgan fingerprint density at radius 2 is 2.21 bits per heavy atom. The number of carbonyl (C=O) groups excluding carboxylic acids is 1. The molecule has 1 rings (SSSR count). The van der Waals surface area contributed by atoms with E-state index in [0.29, 0.717) is 25.3 Å². The molecule has 19 heavy (non-hydrogen) atoms. The summed E-state index contributed by atoms with van der Waals surface area (Å²) in [7, 11) is 2.95. The van der Waals surface area contributed by atoms with Gasteiger partial charge in [0.2, 0.25) is 0 Å². The first-order valence-electron chi connectivity index (χ1n) is 5.85. The molecule has 0 aliphatic carbocycles. The molecule has 0 heterocycles. The molecule has 0 aromatic heterocycles. The van der Waals surface area contributed by atoms with Gasteiger partial charge < -0.3 is 14.8 Å². The van der Waals surface area contributed by atoms with Gasteiger partial charge in [-0.3, -0.25) is 4.79 Å². The van der Waals surface area contributed by atoms with Crippen LogP contribution in [0.15, 0.2) is 23.1 Å². The minimum atomic E-state index is -0.326. The van der Waals surface area contributed by atoms with Gasteiger partial charge in [0, 0.05) is 30.7 Å². The van der Waals surface area contributed by atoms with Gasteiger partial charge in [0.1, 0.15) is 5.82 Å². The SMILES string of the molecule is COCCNCc1c(F)cccc1SCC(=O)OC. The van der Waals surface area contributed by atoms with Crippen molar-refractivity contribution in [3.8, 4) is 0 Å². The maximum atomic E-state index is 13.8. The first-order valence-corrected chi connectivity index (χ1v) is 6.84. The first kappa shape index (κ1) is 15.9. The lowest BCUT2D eigenvalue weighted by molar-refractivity contribution is -0.137. The molecule has 1 aromatic carbocycles. The van der Waals surface area contributed by atoms with Crippen LogP contribution in [-0.2, 0) is 20.8 Å². The van der Waals surface area contributed by atoms with Crippen LogP contribution in [0.4, 0.5) is 4.39 Å². The number of halogens is 1. The Morgan fingerprint density at radius 3 is 2.89 bits per heavy atom. The summed E-state index contributed by atoms with van der Waals surface area (Å²) in [4.78, 5) is 11.9. The highest BCUT2D eigenvalue weighted by molar-refractivity contribution is 8.00. The average Bonchev–Trinajstić information content (AvgIpc) is 2.42. The van der Waals surface area contributed by atoms with Gasteiger partial charge in [0.15, 0.2) is 0 Å². The number of hydrogen-bond donors (Lipinski definition) is 1. The molecule has 0 fully saturated rings. The fraction of sp³-hybridized carbons (Fsp3) is 0.462. The number of benzene rings is 1. The Hall–Kier alpha value is -1.11. The Bertz CT molecular complexity index is 415. The number of ether oxygens (including phenoxy) is 2. The molecule has 0 bridgehead atoms. The first-order chi connectivity index (χ1) is 9.19. The monoisotopic (exact) mass is 287 g/mol. The van der Waals surface area contributed by atoms with E-state index in [9.17, 15) is 9.18 Å². The molecule has 0 radical (unpaired) electrons. The van der Waals surface area contributed by atoms with Gasteiger partial charge in [-0.15, -0.1) is 11.8 Å². The summed E-state index contributed by atoms with van der Waals surface area (Å²) in [5, 5.41) is 3.09. The summed E-state index contributed by atoms with van der Waals surface area (Å²) in [6, 6.07) is 4.84. The van der Waals surface area contributed by atoms with Crippen LogP contribution in [0.2, 0.25) is 0 Å². The Kier molecular flexibility index (Phi) is 7.47. The van der Waals surface area contributed by atoms with Crippen molar-refractivity contribution in [2.45, 2.75) is 11.4 Å². The number of thioether (sulfide) groups is 1. The van der Waals surface area contributed by atoms with Crippen molar-refractivity contribution in [3.05, 3.63) is 29.6 Å². The van der Waals surface area contributed by atoms with Gasteiger partial charge in [-0.05, 0) is 12.1 Å². The zero-order chi connectivity index (χ0) is 14.1. The largest absolute Gasteiger partial charge is 0.468 e. The fourth-order valence-corrected chi connectivity index (χ4v) is 2.34. The highest BCUT2D eigenvalue weighted by atomic mass is 32.2. The van der Waals surface area contributed by atoms with E-state index >= 15 is 0 Å². The highest BCUT2D eigenvalue weighted by Crippen LogP contribution is 2.25. The lowest BCUT2D eigenvalue weighted by Crippen LogP contribution is -2.19. The van der Waals surface area contributed by atoms with Crippen LogP contribution in [-0.4, -0.2) is 39.1 Å². The molecule has 0 unspecified atom stereocenters. The second-order valence-electron chi connectivity index (χ2n) is 3.75. The van der Waals surface area contributed by atoms with Crippen molar-refractivity contribution in [2.75, 3.05) is 33.1 Å². The third-order valence-corrected chi connectivity index (χ3v) is 3.51. The van der Waals surface area contributed by atoms with E-state index in [1.807, 2.05) is 0 Å². The van der Waals surface area contributed by atoms with Gasteiger partial charge in [-0.1, -0.05) is 6.07 Å². The standard InChI is InChI=1S/C13H18FNO3S/c1-17-7-6-15-8-10-11(14)4-3-5-12(10)19-9-13(16)18-2/h3-5,15H,6-9H2,1-2H3. The topological polar surface area (TPSA) is 47.6 Å². The Labute approximate surface area is 116 Å². The smallest absolute Gasteiger partial charge is 0.315 e. The van der Waals surface area contributed by atoms with Gasteiger partial charge >= 0.3 is 5.97 Å². The summed E-state index contributed by atoms with van der Waals surface area (Å²) < 4.78 is 23.2. The second kappa shape index (κ2) is 8.90. The minimum absolute atomic E-state index is 0.172. The molecule has 0 saturated carbocycles. The number of carbonyl (C=O) groups is 1. The highest BCUT2D eigenvalue weighted by Gasteiger charge is 2.10. The predicted octanol–water partition coefficient (Wildman–Crippen LogP) is 1.83. The molecule has 1 N–H and O–H groups in total. The zero-order valence-electron chi connectivity index (χ0n) is 11.1. The van der Waals surface area contributed by atoms with Crippen LogP contribution in [0.1, 0.15) is 5.56 Å². The fourth-order valence-electron chi connectivity index (χ4n) is 1.43. The molecule has 0 amide bonds. The van der Waals surface area contributed by atoms with E-state index in [4.69, 9.17) is 4.74 Å². The van der Waals surface area contributed by atoms with Crippen molar-refractivity contribution < 1.29 is 18.7 Å². The molecule has 0 saturated heterocycles. The average molecular weight is 287 g/mol. The van der Waals surface area contributed by atoms with Gasteiger partial charge in [-0.2, -0.15) is 0 Å². The zero-order valence-corrected chi connectivity index (χ0v) is 11.9. The van der Waals surface area contributed by atoms with Crippen molar-refractivity contribution in [1.29, 1.82) is 0 Å². The summed E-state index contributed by atoms with van der Waals surface area (Å²) >= 11 is 1.27. The van der Waals surface area contributed by atoms with Crippen LogP contribution < -0.4 is 5.32 Å². The van der Waals surface area contributed by atoms with Crippen LogP contribution in [0.3, 0.4) is 0 Å². The van der Waals surface area contributed by atoms with E-state index in [1.54, 1.807) is 19.2 Å². The maximum absolute atomic E-state index is 13.8. The van der Waals surface area contributed by atoms with Crippen LogP contribution in [0, 0.1) is 5.82 Å². The molecular weight excluding hydrogens is 269 g/mol. The van der Waals surface area contributed by atoms with Gasteiger partial charge in [0.25, 0.3) is 0 Å². The van der Waals surface area contributed by atoms with Crippen molar-refractivity contribution in [1.82, 2.24) is 5.32 Å². The molecule has 0 atom stereocenters. The van der Waals surface area contributed by atoms with Crippen LogP contribution in [0.25, 0.3) is 0 Å².